The molecule has 0 saturated heterocycles. The zero-order valence-electron chi connectivity index (χ0n) is 8.05. The van der Waals surface area contributed by atoms with Crippen molar-refractivity contribution in [1.29, 1.82) is 0 Å². The van der Waals surface area contributed by atoms with Gasteiger partial charge < -0.3 is 5.73 Å². The predicted molar refractivity (Wildman–Crippen MR) is 62.1 cm³/mol. The van der Waals surface area contributed by atoms with Crippen LogP contribution in [0.3, 0.4) is 0 Å². The third-order valence-corrected chi connectivity index (χ3v) is 3.11. The molecule has 0 saturated carbocycles. The zero-order valence-corrected chi connectivity index (χ0v) is 8.87. The van der Waals surface area contributed by atoms with Gasteiger partial charge in [-0.1, -0.05) is 12.1 Å². The monoisotopic (exact) mass is 220 g/mol. The Balaban J connectivity index is 2.40. The van der Waals surface area contributed by atoms with E-state index in [0.29, 0.717) is 5.82 Å². The quantitative estimate of drug-likeness (QED) is 0.538. The Labute approximate surface area is 91.9 Å². The number of nitrogens with two attached hydrogens (primary N) is 2. The van der Waals surface area contributed by atoms with E-state index in [0.717, 1.165) is 10.4 Å². The molecule has 2 aromatic heterocycles. The Kier molecular flexibility index (Phi) is 2.96. The molecule has 0 bridgehead atoms. The third kappa shape index (κ3) is 1.99. The highest BCUT2D eigenvalue weighted by Crippen LogP contribution is 2.27. The maximum Gasteiger partial charge on any atom is 0.128 e. The Morgan fingerprint density at radius 3 is 2.80 bits per heavy atom. The van der Waals surface area contributed by atoms with Crippen molar-refractivity contribution < 1.29 is 0 Å². The SMILES string of the molecule is NNC(c1cccs1)c1cccnc1N. The van der Waals surface area contributed by atoms with Gasteiger partial charge in [-0.05, 0) is 17.5 Å². The first-order valence-corrected chi connectivity index (χ1v) is 5.41. The first-order chi connectivity index (χ1) is 7.33. The highest BCUT2D eigenvalue weighted by Gasteiger charge is 2.15. The van der Waals surface area contributed by atoms with Crippen LogP contribution in [-0.2, 0) is 0 Å². The van der Waals surface area contributed by atoms with Gasteiger partial charge >= 0.3 is 0 Å². The molecule has 0 radical (unpaired) electrons. The van der Waals surface area contributed by atoms with Crippen LogP contribution in [0, 0.1) is 0 Å². The Hall–Kier alpha value is -1.43. The topological polar surface area (TPSA) is 77.0 Å². The van der Waals surface area contributed by atoms with Crippen LogP contribution in [0.5, 0.6) is 0 Å². The molecule has 15 heavy (non-hydrogen) atoms. The molecule has 0 amide bonds. The number of nitrogens with zero attached hydrogens (tertiary/aromatic N) is 1. The molecular formula is C10H12N4S. The summed E-state index contributed by atoms with van der Waals surface area (Å²) in [5.74, 6) is 6.05. The van der Waals surface area contributed by atoms with Gasteiger partial charge in [-0.15, -0.1) is 11.3 Å². The third-order valence-electron chi connectivity index (χ3n) is 2.18. The Morgan fingerprint density at radius 1 is 1.33 bits per heavy atom. The normalized spacial score (nSPS) is 12.6. The van der Waals surface area contributed by atoms with E-state index in [1.54, 1.807) is 17.5 Å². The van der Waals surface area contributed by atoms with Crippen LogP contribution in [0.15, 0.2) is 35.8 Å². The van der Waals surface area contributed by atoms with Crippen molar-refractivity contribution in [2.45, 2.75) is 6.04 Å². The molecule has 0 aromatic carbocycles. The molecule has 2 rings (SSSR count). The average molecular weight is 220 g/mol. The molecule has 0 fully saturated rings. The number of hydrogen-bond acceptors (Lipinski definition) is 5. The number of anilines is 1. The Morgan fingerprint density at radius 2 is 2.20 bits per heavy atom. The van der Waals surface area contributed by atoms with Crippen LogP contribution >= 0.6 is 11.3 Å². The van der Waals surface area contributed by atoms with E-state index in [1.807, 2.05) is 29.6 Å². The van der Waals surface area contributed by atoms with Gasteiger partial charge in [-0.3, -0.25) is 5.84 Å². The number of hydrazine groups is 1. The first-order valence-electron chi connectivity index (χ1n) is 4.53. The number of thiophene rings is 1. The number of pyridine rings is 1. The summed E-state index contributed by atoms with van der Waals surface area (Å²) in [5, 5.41) is 2.01. The van der Waals surface area contributed by atoms with E-state index in [2.05, 4.69) is 10.4 Å². The molecular weight excluding hydrogens is 208 g/mol. The van der Waals surface area contributed by atoms with Crippen molar-refractivity contribution in [1.82, 2.24) is 10.4 Å². The molecule has 0 spiro atoms. The number of hydrogen-bond donors (Lipinski definition) is 3. The van der Waals surface area contributed by atoms with E-state index < -0.39 is 0 Å². The smallest absolute Gasteiger partial charge is 0.128 e. The standard InChI is InChI=1S/C10H12N4S/c11-10-7(3-1-5-13-10)9(14-12)8-4-2-6-15-8/h1-6,9,14H,12H2,(H2,11,13). The molecule has 78 valence electrons. The van der Waals surface area contributed by atoms with Crippen LogP contribution in [0.25, 0.3) is 0 Å². The summed E-state index contributed by atoms with van der Waals surface area (Å²) < 4.78 is 0. The van der Waals surface area contributed by atoms with Crippen molar-refractivity contribution in [3.05, 3.63) is 46.3 Å². The van der Waals surface area contributed by atoms with Crippen LogP contribution < -0.4 is 17.0 Å². The van der Waals surface area contributed by atoms with Crippen LogP contribution in [0.1, 0.15) is 16.5 Å². The molecule has 1 atom stereocenters. The molecule has 2 aromatic rings. The molecule has 1 unspecified atom stereocenters. The highest BCUT2D eigenvalue weighted by molar-refractivity contribution is 7.10. The van der Waals surface area contributed by atoms with E-state index in [4.69, 9.17) is 11.6 Å². The van der Waals surface area contributed by atoms with Gasteiger partial charge in [0.25, 0.3) is 0 Å². The minimum absolute atomic E-state index is 0.0845. The summed E-state index contributed by atoms with van der Waals surface area (Å²) in [6.45, 7) is 0. The van der Waals surface area contributed by atoms with Gasteiger partial charge in [-0.2, -0.15) is 0 Å². The van der Waals surface area contributed by atoms with E-state index in [-0.39, 0.29) is 6.04 Å². The lowest BCUT2D eigenvalue weighted by Gasteiger charge is -2.15. The number of nitrogen functional groups attached to an aromatic ring is 1. The second kappa shape index (κ2) is 4.39. The summed E-state index contributed by atoms with van der Waals surface area (Å²) in [7, 11) is 0. The number of nitrogens with one attached hydrogen (secondary N) is 1. The van der Waals surface area contributed by atoms with E-state index in [1.165, 1.54) is 0 Å². The predicted octanol–water partition coefficient (Wildman–Crippen LogP) is 1.28. The first kappa shape index (κ1) is 10.1. The molecule has 5 heteroatoms. The highest BCUT2D eigenvalue weighted by atomic mass is 32.1. The molecule has 2 heterocycles. The van der Waals surface area contributed by atoms with Crippen LogP contribution in [0.4, 0.5) is 5.82 Å². The largest absolute Gasteiger partial charge is 0.383 e. The van der Waals surface area contributed by atoms with Crippen molar-refractivity contribution in [3.8, 4) is 0 Å². The minimum Gasteiger partial charge on any atom is -0.383 e. The maximum absolute atomic E-state index is 5.80. The summed E-state index contributed by atoms with van der Waals surface area (Å²) >= 11 is 1.63. The van der Waals surface area contributed by atoms with Gasteiger partial charge in [0.1, 0.15) is 5.82 Å². The van der Waals surface area contributed by atoms with Crippen molar-refractivity contribution in [2.75, 3.05) is 5.73 Å². The van der Waals surface area contributed by atoms with Crippen molar-refractivity contribution >= 4 is 17.2 Å². The molecule has 5 N–H and O–H groups in total. The zero-order chi connectivity index (χ0) is 10.7. The lowest BCUT2D eigenvalue weighted by Crippen LogP contribution is -2.29. The van der Waals surface area contributed by atoms with E-state index in [9.17, 15) is 0 Å². The lowest BCUT2D eigenvalue weighted by atomic mass is 10.1. The summed E-state index contributed by atoms with van der Waals surface area (Å²) in [6, 6.07) is 7.69. The van der Waals surface area contributed by atoms with Gasteiger partial charge in [0, 0.05) is 16.6 Å². The molecule has 0 aliphatic heterocycles. The van der Waals surface area contributed by atoms with Gasteiger partial charge in [-0.25, -0.2) is 10.4 Å². The van der Waals surface area contributed by atoms with E-state index >= 15 is 0 Å². The second-order valence-corrected chi connectivity index (χ2v) is 4.07. The maximum atomic E-state index is 5.80. The number of aromatic nitrogens is 1. The van der Waals surface area contributed by atoms with Crippen molar-refractivity contribution in [3.63, 3.8) is 0 Å². The van der Waals surface area contributed by atoms with Gasteiger partial charge in [0.05, 0.1) is 6.04 Å². The van der Waals surface area contributed by atoms with Crippen LogP contribution in [-0.4, -0.2) is 4.98 Å². The fourth-order valence-electron chi connectivity index (χ4n) is 1.45. The van der Waals surface area contributed by atoms with Gasteiger partial charge in [0.2, 0.25) is 0 Å². The summed E-state index contributed by atoms with van der Waals surface area (Å²) in [5.41, 5.74) is 9.46. The van der Waals surface area contributed by atoms with Gasteiger partial charge in [0.15, 0.2) is 0 Å². The Bertz CT molecular complexity index is 427. The molecule has 0 aliphatic rings. The molecule has 4 nitrogen and oxygen atoms in total. The fraction of sp³-hybridized carbons (Fsp3) is 0.100. The van der Waals surface area contributed by atoms with Crippen LogP contribution in [0.2, 0.25) is 0 Å². The minimum atomic E-state index is -0.0845. The fourth-order valence-corrected chi connectivity index (χ4v) is 2.26. The summed E-state index contributed by atoms with van der Waals surface area (Å²) in [4.78, 5) is 5.17. The number of rotatable bonds is 3. The average Bonchev–Trinajstić information content (AvgIpc) is 2.75. The van der Waals surface area contributed by atoms with Crippen molar-refractivity contribution in [2.24, 2.45) is 5.84 Å². The summed E-state index contributed by atoms with van der Waals surface area (Å²) in [6.07, 6.45) is 1.67. The lowest BCUT2D eigenvalue weighted by molar-refractivity contribution is 0.646. The molecule has 0 aliphatic carbocycles. The second-order valence-electron chi connectivity index (χ2n) is 3.09.